The van der Waals surface area contributed by atoms with Crippen LogP contribution < -0.4 is 4.74 Å². The van der Waals surface area contributed by atoms with Crippen LogP contribution >= 0.6 is 31.9 Å². The molecular formula is C8H5Br2O2. The highest BCUT2D eigenvalue weighted by Crippen LogP contribution is 2.17. The van der Waals surface area contributed by atoms with Crippen molar-refractivity contribution in [2.45, 2.75) is 5.01 Å². The zero-order valence-corrected chi connectivity index (χ0v) is 9.13. The van der Waals surface area contributed by atoms with E-state index >= 15 is 0 Å². The average Bonchev–Trinajstić information content (AvgIpc) is 2.09. The van der Waals surface area contributed by atoms with E-state index in [-0.39, 0.29) is 0 Å². The first-order valence-electron chi connectivity index (χ1n) is 3.16. The van der Waals surface area contributed by atoms with E-state index < -0.39 is 5.01 Å². The number of benzene rings is 1. The van der Waals surface area contributed by atoms with Crippen LogP contribution in [0.4, 0.5) is 0 Å². The molecule has 0 fully saturated rings. The van der Waals surface area contributed by atoms with Gasteiger partial charge in [-0.15, -0.1) is 0 Å². The van der Waals surface area contributed by atoms with Crippen molar-refractivity contribution in [2.24, 2.45) is 0 Å². The van der Waals surface area contributed by atoms with Gasteiger partial charge < -0.3 is 4.74 Å². The molecule has 0 heterocycles. The summed E-state index contributed by atoms with van der Waals surface area (Å²) in [4.78, 5) is 10.1. The summed E-state index contributed by atoms with van der Waals surface area (Å²) in [6.45, 7) is 0. The first kappa shape index (κ1) is 9.74. The molecule has 2 nitrogen and oxygen atoms in total. The number of rotatable bonds is 3. The van der Waals surface area contributed by atoms with Gasteiger partial charge in [-0.25, -0.2) is 0 Å². The first-order chi connectivity index (χ1) is 5.72. The maximum Gasteiger partial charge on any atom is 0.254 e. The summed E-state index contributed by atoms with van der Waals surface area (Å²) in [5, 5.41) is -0.696. The van der Waals surface area contributed by atoms with Gasteiger partial charge in [-0.3, -0.25) is 4.79 Å². The zero-order chi connectivity index (χ0) is 8.97. The van der Waals surface area contributed by atoms with Gasteiger partial charge in [0.25, 0.3) is 6.29 Å². The summed E-state index contributed by atoms with van der Waals surface area (Å²) in [5.74, 6) is 0.628. The minimum atomic E-state index is -0.696. The molecule has 12 heavy (non-hydrogen) atoms. The normalized spacial score (nSPS) is 12.2. The molecule has 0 saturated carbocycles. The molecule has 0 aliphatic carbocycles. The summed E-state index contributed by atoms with van der Waals surface area (Å²) >= 11 is 6.26. The molecule has 1 radical (unpaired) electrons. The molecule has 0 saturated heterocycles. The summed E-state index contributed by atoms with van der Waals surface area (Å²) < 4.78 is 6.06. The monoisotopic (exact) mass is 291 g/mol. The highest BCUT2D eigenvalue weighted by Gasteiger charge is 2.03. The number of halogens is 2. The van der Waals surface area contributed by atoms with Gasteiger partial charge in [0.15, 0.2) is 0 Å². The molecule has 0 amide bonds. The summed E-state index contributed by atoms with van der Waals surface area (Å²) in [7, 11) is 0. The fourth-order valence-electron chi connectivity index (χ4n) is 0.657. The molecule has 1 aromatic carbocycles. The van der Waals surface area contributed by atoms with Crippen LogP contribution in [-0.2, 0) is 4.79 Å². The highest BCUT2D eigenvalue weighted by molar-refractivity contribution is 9.10. The van der Waals surface area contributed by atoms with E-state index in [1.807, 2.05) is 12.1 Å². The van der Waals surface area contributed by atoms with Crippen LogP contribution in [0.25, 0.3) is 0 Å². The molecular weight excluding hydrogens is 288 g/mol. The Kier molecular flexibility index (Phi) is 3.75. The van der Waals surface area contributed by atoms with Crippen molar-refractivity contribution >= 4 is 38.1 Å². The van der Waals surface area contributed by atoms with Gasteiger partial charge in [-0.05, 0) is 40.2 Å². The van der Waals surface area contributed by atoms with Crippen LogP contribution in [-0.4, -0.2) is 11.3 Å². The molecule has 0 spiro atoms. The van der Waals surface area contributed by atoms with Gasteiger partial charge in [-0.1, -0.05) is 15.9 Å². The third-order valence-electron chi connectivity index (χ3n) is 1.15. The van der Waals surface area contributed by atoms with E-state index in [0.29, 0.717) is 5.75 Å². The maximum atomic E-state index is 10.1. The second-order valence-electron chi connectivity index (χ2n) is 2.01. The molecule has 1 atom stereocenters. The fraction of sp³-hybridized carbons (Fsp3) is 0.125. The predicted octanol–water partition coefficient (Wildman–Crippen LogP) is 2.66. The number of ether oxygens (including phenoxy) is 1. The molecule has 63 valence electrons. The van der Waals surface area contributed by atoms with Crippen molar-refractivity contribution in [1.29, 1.82) is 0 Å². The second kappa shape index (κ2) is 4.62. The van der Waals surface area contributed by atoms with Crippen molar-refractivity contribution in [3.8, 4) is 5.75 Å². The van der Waals surface area contributed by atoms with Crippen LogP contribution in [0.3, 0.4) is 0 Å². The minimum absolute atomic E-state index is 0.628. The highest BCUT2D eigenvalue weighted by atomic mass is 79.9. The lowest BCUT2D eigenvalue weighted by Crippen LogP contribution is -2.08. The van der Waals surface area contributed by atoms with Gasteiger partial charge >= 0.3 is 0 Å². The lowest BCUT2D eigenvalue weighted by atomic mass is 10.3. The Morgan fingerprint density at radius 1 is 1.33 bits per heavy atom. The average molecular weight is 293 g/mol. The lowest BCUT2D eigenvalue weighted by Gasteiger charge is -2.05. The van der Waals surface area contributed by atoms with Gasteiger partial charge in [-0.2, -0.15) is 0 Å². The number of carbonyl (C=O) groups excluding carboxylic acids is 1. The molecule has 0 aromatic heterocycles. The number of alkyl halides is 1. The smallest absolute Gasteiger partial charge is 0.254 e. The van der Waals surface area contributed by atoms with E-state index in [1.165, 1.54) is 0 Å². The molecule has 0 bridgehead atoms. The standard InChI is InChI=1S/C8H5Br2O2/c9-6-1-3-7(4-2-6)12-8(10)5-11/h1-4,8H. The Bertz CT molecular complexity index is 258. The van der Waals surface area contributed by atoms with E-state index in [4.69, 9.17) is 4.74 Å². The van der Waals surface area contributed by atoms with Crippen LogP contribution in [0, 0.1) is 0 Å². The molecule has 0 aliphatic rings. The third kappa shape index (κ3) is 2.95. The Morgan fingerprint density at radius 2 is 1.92 bits per heavy atom. The van der Waals surface area contributed by atoms with Crippen molar-refractivity contribution in [2.75, 3.05) is 0 Å². The van der Waals surface area contributed by atoms with E-state index in [1.54, 1.807) is 18.4 Å². The second-order valence-corrected chi connectivity index (χ2v) is 3.75. The summed E-state index contributed by atoms with van der Waals surface area (Å²) in [6.07, 6.45) is 1.66. The predicted molar refractivity (Wildman–Crippen MR) is 53.2 cm³/mol. The Labute approximate surface area is 87.2 Å². The largest absolute Gasteiger partial charge is 0.471 e. The van der Waals surface area contributed by atoms with Gasteiger partial charge in [0.05, 0.1) is 0 Å². The first-order valence-corrected chi connectivity index (χ1v) is 4.87. The summed E-state index contributed by atoms with van der Waals surface area (Å²) in [5.41, 5.74) is 0. The fourth-order valence-corrected chi connectivity index (χ4v) is 1.14. The Balaban J connectivity index is 2.64. The molecule has 1 aromatic rings. The van der Waals surface area contributed by atoms with Crippen LogP contribution in [0.5, 0.6) is 5.75 Å². The third-order valence-corrected chi connectivity index (χ3v) is 2.05. The van der Waals surface area contributed by atoms with Gasteiger partial charge in [0.1, 0.15) is 5.75 Å². The van der Waals surface area contributed by atoms with Crippen molar-refractivity contribution in [3.63, 3.8) is 0 Å². The lowest BCUT2D eigenvalue weighted by molar-refractivity contribution is 0.342. The topological polar surface area (TPSA) is 26.3 Å². The van der Waals surface area contributed by atoms with Gasteiger partial charge in [0, 0.05) is 4.47 Å². The number of hydrogen-bond acceptors (Lipinski definition) is 2. The van der Waals surface area contributed by atoms with E-state index in [9.17, 15) is 4.79 Å². The van der Waals surface area contributed by atoms with Gasteiger partial charge in [0.2, 0.25) is 5.01 Å². The van der Waals surface area contributed by atoms with Crippen molar-refractivity contribution in [1.82, 2.24) is 0 Å². The Hall–Kier alpha value is -0.350. The maximum absolute atomic E-state index is 10.1. The van der Waals surface area contributed by atoms with Crippen LogP contribution in [0.15, 0.2) is 28.7 Å². The molecule has 0 aliphatic heterocycles. The molecule has 0 N–H and O–H groups in total. The SMILES string of the molecule is O=[C]C(Br)Oc1ccc(Br)cc1. The van der Waals surface area contributed by atoms with Crippen molar-refractivity contribution < 1.29 is 9.53 Å². The zero-order valence-electron chi connectivity index (χ0n) is 5.96. The number of hydrogen-bond donors (Lipinski definition) is 0. The van der Waals surface area contributed by atoms with E-state index in [0.717, 1.165) is 4.47 Å². The van der Waals surface area contributed by atoms with Crippen molar-refractivity contribution in [3.05, 3.63) is 28.7 Å². The minimum Gasteiger partial charge on any atom is -0.471 e. The Morgan fingerprint density at radius 3 is 2.42 bits per heavy atom. The quantitative estimate of drug-likeness (QED) is 0.801. The molecule has 1 rings (SSSR count). The van der Waals surface area contributed by atoms with Crippen LogP contribution in [0.1, 0.15) is 0 Å². The molecule has 4 heteroatoms. The summed E-state index contributed by atoms with van der Waals surface area (Å²) in [6, 6.07) is 7.19. The van der Waals surface area contributed by atoms with Crippen LogP contribution in [0.2, 0.25) is 0 Å². The molecule has 1 unspecified atom stereocenters. The van der Waals surface area contributed by atoms with E-state index in [2.05, 4.69) is 31.9 Å².